The second kappa shape index (κ2) is 7.32. The summed E-state index contributed by atoms with van der Waals surface area (Å²) in [5.74, 6) is 0.504. The first kappa shape index (κ1) is 17.6. The minimum atomic E-state index is -0.540. The standard InChI is InChI=1S/C17H15ClN6O2/c1-10-3-5-13(7-11(10)2)22-16-15(24(25)26)17(21-9-20-16)23-14-6-4-12(18)8-19-14/h3-9H,1-2H3,(H2,19,20,21,22,23). The second-order valence-electron chi connectivity index (χ2n) is 5.59. The van der Waals surface area contributed by atoms with Crippen LogP contribution in [0, 0.1) is 24.0 Å². The van der Waals surface area contributed by atoms with Gasteiger partial charge in [0.2, 0.25) is 11.6 Å². The Labute approximate surface area is 154 Å². The van der Waals surface area contributed by atoms with Gasteiger partial charge in [-0.05, 0) is 49.2 Å². The highest BCUT2D eigenvalue weighted by Crippen LogP contribution is 2.33. The van der Waals surface area contributed by atoms with Gasteiger partial charge in [0.1, 0.15) is 12.1 Å². The molecule has 0 aliphatic carbocycles. The topological polar surface area (TPSA) is 106 Å². The largest absolute Gasteiger partial charge is 0.353 e. The summed E-state index contributed by atoms with van der Waals surface area (Å²) in [5, 5.41) is 17.9. The first-order chi connectivity index (χ1) is 12.4. The van der Waals surface area contributed by atoms with Gasteiger partial charge >= 0.3 is 5.69 Å². The fraction of sp³-hybridized carbons (Fsp3) is 0.118. The number of nitro groups is 1. The van der Waals surface area contributed by atoms with Gasteiger partial charge in [0.25, 0.3) is 0 Å². The van der Waals surface area contributed by atoms with Gasteiger partial charge in [0.05, 0.1) is 9.95 Å². The number of nitrogens with zero attached hydrogens (tertiary/aromatic N) is 4. The van der Waals surface area contributed by atoms with Crippen molar-refractivity contribution in [2.24, 2.45) is 0 Å². The van der Waals surface area contributed by atoms with Crippen molar-refractivity contribution < 1.29 is 4.92 Å². The number of pyridine rings is 1. The molecule has 2 heterocycles. The van der Waals surface area contributed by atoms with Crippen LogP contribution in [0.25, 0.3) is 0 Å². The molecule has 3 rings (SSSR count). The third-order valence-corrected chi connectivity index (χ3v) is 3.97. The van der Waals surface area contributed by atoms with Crippen molar-refractivity contribution in [2.75, 3.05) is 10.6 Å². The third kappa shape index (κ3) is 3.86. The maximum Gasteiger partial charge on any atom is 0.353 e. The van der Waals surface area contributed by atoms with E-state index in [9.17, 15) is 10.1 Å². The van der Waals surface area contributed by atoms with Crippen molar-refractivity contribution in [2.45, 2.75) is 13.8 Å². The van der Waals surface area contributed by atoms with Crippen molar-refractivity contribution in [1.29, 1.82) is 0 Å². The smallest absolute Gasteiger partial charge is 0.334 e. The Hall–Kier alpha value is -3.26. The van der Waals surface area contributed by atoms with Crippen LogP contribution in [0.4, 0.5) is 28.8 Å². The number of aryl methyl sites for hydroxylation is 2. The van der Waals surface area contributed by atoms with Crippen LogP contribution in [0.15, 0.2) is 42.9 Å². The summed E-state index contributed by atoms with van der Waals surface area (Å²) in [5.41, 5.74) is 2.62. The molecule has 132 valence electrons. The van der Waals surface area contributed by atoms with E-state index in [1.165, 1.54) is 12.5 Å². The van der Waals surface area contributed by atoms with Crippen molar-refractivity contribution in [3.05, 3.63) is 69.1 Å². The van der Waals surface area contributed by atoms with Gasteiger partial charge in [-0.3, -0.25) is 10.1 Å². The molecule has 2 N–H and O–H groups in total. The molecule has 0 saturated heterocycles. The Morgan fingerprint density at radius 3 is 2.35 bits per heavy atom. The molecule has 0 aliphatic heterocycles. The van der Waals surface area contributed by atoms with Gasteiger partial charge in [0, 0.05) is 11.9 Å². The number of nitrogens with one attached hydrogen (secondary N) is 2. The van der Waals surface area contributed by atoms with Gasteiger partial charge in [-0.2, -0.15) is 0 Å². The lowest BCUT2D eigenvalue weighted by molar-refractivity contribution is -0.383. The maximum atomic E-state index is 11.6. The lowest BCUT2D eigenvalue weighted by atomic mass is 10.1. The van der Waals surface area contributed by atoms with Crippen LogP contribution in [0.1, 0.15) is 11.1 Å². The van der Waals surface area contributed by atoms with E-state index in [2.05, 4.69) is 25.6 Å². The quantitative estimate of drug-likeness (QED) is 0.501. The summed E-state index contributed by atoms with van der Waals surface area (Å²) in [6.45, 7) is 3.96. The number of rotatable bonds is 5. The normalized spacial score (nSPS) is 10.4. The Morgan fingerprint density at radius 1 is 1.00 bits per heavy atom. The summed E-state index contributed by atoms with van der Waals surface area (Å²) >= 11 is 5.80. The SMILES string of the molecule is Cc1ccc(Nc2ncnc(Nc3ccc(Cl)cn3)c2[N+](=O)[O-])cc1C. The first-order valence-corrected chi connectivity index (χ1v) is 8.04. The molecule has 0 spiro atoms. The Kier molecular flexibility index (Phi) is 4.94. The van der Waals surface area contributed by atoms with E-state index in [1.807, 2.05) is 32.0 Å². The molecule has 0 unspecified atom stereocenters. The van der Waals surface area contributed by atoms with Crippen molar-refractivity contribution in [3.63, 3.8) is 0 Å². The predicted octanol–water partition coefficient (Wildman–Crippen LogP) is 4.54. The molecule has 0 atom stereocenters. The van der Waals surface area contributed by atoms with Crippen LogP contribution in [0.3, 0.4) is 0 Å². The Bertz CT molecular complexity index is 962. The summed E-state index contributed by atoms with van der Waals surface area (Å²) in [7, 11) is 0. The zero-order valence-electron chi connectivity index (χ0n) is 14.0. The number of hydrogen-bond acceptors (Lipinski definition) is 7. The number of benzene rings is 1. The van der Waals surface area contributed by atoms with E-state index in [4.69, 9.17) is 11.6 Å². The predicted molar refractivity (Wildman–Crippen MR) is 100 cm³/mol. The summed E-state index contributed by atoms with van der Waals surface area (Å²) < 4.78 is 0. The van der Waals surface area contributed by atoms with Crippen LogP contribution >= 0.6 is 11.6 Å². The van der Waals surface area contributed by atoms with Gasteiger partial charge in [-0.1, -0.05) is 17.7 Å². The van der Waals surface area contributed by atoms with Crippen molar-refractivity contribution >= 4 is 40.4 Å². The zero-order valence-corrected chi connectivity index (χ0v) is 14.8. The molecule has 0 bridgehead atoms. The Morgan fingerprint density at radius 2 is 1.73 bits per heavy atom. The highest BCUT2D eigenvalue weighted by atomic mass is 35.5. The molecule has 9 heteroatoms. The summed E-state index contributed by atoms with van der Waals surface area (Å²) in [4.78, 5) is 23.1. The summed E-state index contributed by atoms with van der Waals surface area (Å²) in [6.07, 6.45) is 2.68. The van der Waals surface area contributed by atoms with E-state index in [0.29, 0.717) is 16.5 Å². The first-order valence-electron chi connectivity index (χ1n) is 7.66. The van der Waals surface area contributed by atoms with Crippen LogP contribution in [0.2, 0.25) is 5.02 Å². The van der Waals surface area contributed by atoms with E-state index in [-0.39, 0.29) is 17.3 Å². The maximum absolute atomic E-state index is 11.6. The molecule has 0 saturated carbocycles. The molecule has 26 heavy (non-hydrogen) atoms. The average Bonchev–Trinajstić information content (AvgIpc) is 2.60. The molecule has 2 aromatic heterocycles. The molecular weight excluding hydrogens is 356 g/mol. The second-order valence-corrected chi connectivity index (χ2v) is 6.02. The van der Waals surface area contributed by atoms with Gasteiger partial charge in [0.15, 0.2) is 0 Å². The minimum Gasteiger partial charge on any atom is -0.334 e. The lowest BCUT2D eigenvalue weighted by Crippen LogP contribution is -2.06. The molecule has 0 aliphatic rings. The fourth-order valence-electron chi connectivity index (χ4n) is 2.26. The number of anilines is 4. The lowest BCUT2D eigenvalue weighted by Gasteiger charge is -2.11. The number of halogens is 1. The van der Waals surface area contributed by atoms with Crippen molar-refractivity contribution in [1.82, 2.24) is 15.0 Å². The molecule has 3 aromatic rings. The van der Waals surface area contributed by atoms with Gasteiger partial charge in [-0.25, -0.2) is 15.0 Å². The van der Waals surface area contributed by atoms with Crippen LogP contribution in [-0.4, -0.2) is 19.9 Å². The van der Waals surface area contributed by atoms with Crippen LogP contribution < -0.4 is 10.6 Å². The van der Waals surface area contributed by atoms with Crippen LogP contribution in [0.5, 0.6) is 0 Å². The molecule has 8 nitrogen and oxygen atoms in total. The zero-order chi connectivity index (χ0) is 18.7. The highest BCUT2D eigenvalue weighted by Gasteiger charge is 2.23. The van der Waals surface area contributed by atoms with E-state index in [0.717, 1.165) is 11.1 Å². The van der Waals surface area contributed by atoms with E-state index in [1.54, 1.807) is 12.1 Å². The molecule has 0 radical (unpaired) electrons. The Balaban J connectivity index is 1.96. The van der Waals surface area contributed by atoms with Crippen LogP contribution in [-0.2, 0) is 0 Å². The average molecular weight is 371 g/mol. The minimum absolute atomic E-state index is 0.0335. The van der Waals surface area contributed by atoms with E-state index < -0.39 is 4.92 Å². The van der Waals surface area contributed by atoms with Gasteiger partial charge in [-0.15, -0.1) is 0 Å². The third-order valence-electron chi connectivity index (χ3n) is 3.75. The highest BCUT2D eigenvalue weighted by molar-refractivity contribution is 6.30. The number of hydrogen-bond donors (Lipinski definition) is 2. The molecular formula is C17H15ClN6O2. The van der Waals surface area contributed by atoms with E-state index >= 15 is 0 Å². The van der Waals surface area contributed by atoms with Gasteiger partial charge < -0.3 is 10.6 Å². The molecule has 0 amide bonds. The fourth-order valence-corrected chi connectivity index (χ4v) is 2.37. The number of aromatic nitrogens is 3. The summed E-state index contributed by atoms with van der Waals surface area (Å²) in [6, 6.07) is 8.89. The molecule has 1 aromatic carbocycles. The van der Waals surface area contributed by atoms with Crippen molar-refractivity contribution in [3.8, 4) is 0 Å². The molecule has 0 fully saturated rings. The monoisotopic (exact) mass is 370 g/mol.